The molecule has 1 aliphatic rings. The molecule has 7 nitrogen and oxygen atoms in total. The Morgan fingerprint density at radius 1 is 1.25 bits per heavy atom. The molecule has 0 amide bonds. The van der Waals surface area contributed by atoms with Gasteiger partial charge < -0.3 is 29.9 Å². The van der Waals surface area contributed by atoms with Gasteiger partial charge in [-0.3, -0.25) is 0 Å². The third-order valence-electron chi connectivity index (χ3n) is 3.19. The second-order valence-corrected chi connectivity index (χ2v) is 4.81. The van der Waals surface area contributed by atoms with E-state index in [9.17, 15) is 20.1 Å². The van der Waals surface area contributed by atoms with Crippen molar-refractivity contribution in [2.45, 2.75) is 56.9 Å². The Balaban J connectivity index is 2.61. The van der Waals surface area contributed by atoms with Gasteiger partial charge in [0.05, 0.1) is 6.61 Å². The van der Waals surface area contributed by atoms with Crippen LogP contribution in [0.15, 0.2) is 12.2 Å². The topological polar surface area (TPSA) is 116 Å². The summed E-state index contributed by atoms with van der Waals surface area (Å²) >= 11 is 0. The predicted molar refractivity (Wildman–Crippen MR) is 68.5 cm³/mol. The lowest BCUT2D eigenvalue weighted by molar-refractivity contribution is -0.291. The van der Waals surface area contributed by atoms with Crippen molar-refractivity contribution in [2.24, 2.45) is 0 Å². The number of rotatable bonds is 6. The lowest BCUT2D eigenvalue weighted by atomic mass is 9.99. The summed E-state index contributed by atoms with van der Waals surface area (Å²) in [6.07, 6.45) is -5.04. The van der Waals surface area contributed by atoms with Gasteiger partial charge in [0.15, 0.2) is 0 Å². The number of ether oxygens (including phenoxy) is 2. The van der Waals surface area contributed by atoms with E-state index in [2.05, 4.69) is 6.58 Å². The lowest BCUT2D eigenvalue weighted by Crippen LogP contribution is -2.59. The zero-order valence-electron chi connectivity index (χ0n) is 11.4. The first-order valence-electron chi connectivity index (χ1n) is 6.61. The van der Waals surface area contributed by atoms with E-state index in [-0.39, 0.29) is 5.57 Å². The molecular formula is C13H22O7. The van der Waals surface area contributed by atoms with Gasteiger partial charge in [0.25, 0.3) is 0 Å². The Bertz CT molecular complexity index is 342. The molecule has 1 aliphatic heterocycles. The van der Waals surface area contributed by atoms with Gasteiger partial charge in [0.2, 0.25) is 6.29 Å². The maximum Gasteiger partial charge on any atom is 0.335 e. The van der Waals surface area contributed by atoms with Crippen LogP contribution in [0.3, 0.4) is 0 Å². The molecule has 4 N–H and O–H groups in total. The first kappa shape index (κ1) is 17.1. The molecule has 1 fully saturated rings. The Kier molecular flexibility index (Phi) is 6.57. The zero-order valence-corrected chi connectivity index (χ0v) is 11.4. The fourth-order valence-corrected chi connectivity index (χ4v) is 1.85. The zero-order chi connectivity index (χ0) is 15.3. The van der Waals surface area contributed by atoms with Crippen LogP contribution in [0.1, 0.15) is 26.2 Å². The molecule has 20 heavy (non-hydrogen) atoms. The molecule has 0 radical (unpaired) electrons. The highest BCUT2D eigenvalue weighted by Gasteiger charge is 2.45. The van der Waals surface area contributed by atoms with Crippen LogP contribution >= 0.6 is 0 Å². The molecule has 0 spiro atoms. The Morgan fingerprint density at radius 3 is 2.45 bits per heavy atom. The molecule has 116 valence electrons. The number of carbonyl (C=O) groups excluding carboxylic acids is 1. The Morgan fingerprint density at radius 2 is 1.90 bits per heavy atom. The molecule has 1 saturated heterocycles. The molecular weight excluding hydrogens is 268 g/mol. The molecule has 7 heteroatoms. The fraction of sp³-hybridized carbons (Fsp3) is 0.769. The molecule has 0 saturated carbocycles. The minimum atomic E-state index is -1.59. The maximum atomic E-state index is 11.7. The summed E-state index contributed by atoms with van der Waals surface area (Å²) in [5.41, 5.74) is 0.240. The van der Waals surface area contributed by atoms with Gasteiger partial charge in [0.1, 0.15) is 24.4 Å². The third-order valence-corrected chi connectivity index (χ3v) is 3.19. The monoisotopic (exact) mass is 290 g/mol. The summed E-state index contributed by atoms with van der Waals surface area (Å²) in [6.45, 7) is 4.98. The Hall–Kier alpha value is -0.990. The molecule has 5 atom stereocenters. The SMILES string of the molecule is C=C(CCCC)C(=O)OC1O[C@H](CO)[C@@H](O)[C@H](O)[C@H]1O. The molecule has 0 aromatic carbocycles. The van der Waals surface area contributed by atoms with Crippen molar-refractivity contribution in [1.29, 1.82) is 0 Å². The number of aliphatic hydroxyl groups excluding tert-OH is 4. The van der Waals surface area contributed by atoms with Gasteiger partial charge >= 0.3 is 5.97 Å². The smallest absolute Gasteiger partial charge is 0.335 e. The standard InChI is InChI=1S/C13H22O7/c1-3-4-5-7(2)12(18)20-13-11(17)10(16)9(15)8(6-14)19-13/h8-11,13-17H,2-6H2,1H3/t8-,9-,10+,11-,13?/m1/s1. The summed E-state index contributed by atoms with van der Waals surface area (Å²) in [5, 5.41) is 37.8. The van der Waals surface area contributed by atoms with E-state index in [1.807, 2.05) is 6.92 Å². The van der Waals surface area contributed by atoms with Crippen LogP contribution in [-0.4, -0.2) is 63.7 Å². The van der Waals surface area contributed by atoms with Gasteiger partial charge in [-0.05, 0) is 12.8 Å². The van der Waals surface area contributed by atoms with Crippen LogP contribution in [0.25, 0.3) is 0 Å². The average Bonchev–Trinajstić information content (AvgIpc) is 2.45. The number of carbonyl (C=O) groups is 1. The van der Waals surface area contributed by atoms with Gasteiger partial charge in [-0.25, -0.2) is 4.79 Å². The highest BCUT2D eigenvalue weighted by molar-refractivity contribution is 5.87. The predicted octanol–water partition coefficient (Wildman–Crippen LogP) is -0.924. The van der Waals surface area contributed by atoms with E-state index in [1.54, 1.807) is 0 Å². The number of hydrogen-bond acceptors (Lipinski definition) is 7. The van der Waals surface area contributed by atoms with E-state index in [1.165, 1.54) is 0 Å². The van der Waals surface area contributed by atoms with Crippen molar-refractivity contribution in [1.82, 2.24) is 0 Å². The van der Waals surface area contributed by atoms with Crippen LogP contribution in [0.4, 0.5) is 0 Å². The van der Waals surface area contributed by atoms with Gasteiger partial charge in [-0.15, -0.1) is 0 Å². The highest BCUT2D eigenvalue weighted by Crippen LogP contribution is 2.23. The molecule has 1 heterocycles. The van der Waals surface area contributed by atoms with E-state index in [0.29, 0.717) is 6.42 Å². The summed E-state index contributed by atoms with van der Waals surface area (Å²) < 4.78 is 9.98. The van der Waals surface area contributed by atoms with Gasteiger partial charge in [-0.1, -0.05) is 19.9 Å². The molecule has 1 rings (SSSR count). The summed E-state index contributed by atoms with van der Waals surface area (Å²) in [7, 11) is 0. The van der Waals surface area contributed by atoms with E-state index < -0.39 is 43.3 Å². The van der Waals surface area contributed by atoms with Crippen LogP contribution in [0.2, 0.25) is 0 Å². The molecule has 0 bridgehead atoms. The highest BCUT2D eigenvalue weighted by atomic mass is 16.7. The number of unbranched alkanes of at least 4 members (excludes halogenated alkanes) is 1. The summed E-state index contributed by atoms with van der Waals surface area (Å²) in [4.78, 5) is 11.7. The van der Waals surface area contributed by atoms with Crippen molar-refractivity contribution in [3.8, 4) is 0 Å². The molecule has 1 unspecified atom stereocenters. The fourth-order valence-electron chi connectivity index (χ4n) is 1.85. The second kappa shape index (κ2) is 7.70. The van der Waals surface area contributed by atoms with Crippen LogP contribution in [0.5, 0.6) is 0 Å². The number of aliphatic hydroxyl groups is 4. The minimum Gasteiger partial charge on any atom is -0.429 e. The number of esters is 1. The Labute approximate surface area is 117 Å². The first-order chi connectivity index (χ1) is 9.42. The summed E-state index contributed by atoms with van der Waals surface area (Å²) in [5.74, 6) is -0.734. The third kappa shape index (κ3) is 4.00. The van der Waals surface area contributed by atoms with Crippen molar-refractivity contribution < 1.29 is 34.7 Å². The maximum absolute atomic E-state index is 11.7. The van der Waals surface area contributed by atoms with Crippen molar-refractivity contribution in [3.05, 3.63) is 12.2 Å². The number of hydrogen-bond donors (Lipinski definition) is 4. The lowest BCUT2D eigenvalue weighted by Gasteiger charge is -2.39. The van der Waals surface area contributed by atoms with Gasteiger partial charge in [0, 0.05) is 5.57 Å². The van der Waals surface area contributed by atoms with Crippen molar-refractivity contribution in [2.75, 3.05) is 6.61 Å². The van der Waals surface area contributed by atoms with Crippen molar-refractivity contribution >= 4 is 5.97 Å². The van der Waals surface area contributed by atoms with E-state index >= 15 is 0 Å². The molecule has 0 aromatic rings. The second-order valence-electron chi connectivity index (χ2n) is 4.81. The van der Waals surface area contributed by atoms with E-state index in [4.69, 9.17) is 14.6 Å². The largest absolute Gasteiger partial charge is 0.429 e. The quantitative estimate of drug-likeness (QED) is 0.369. The first-order valence-corrected chi connectivity index (χ1v) is 6.61. The normalized spacial score (nSPS) is 33.8. The molecule has 0 aromatic heterocycles. The van der Waals surface area contributed by atoms with Crippen LogP contribution in [0, 0.1) is 0 Å². The molecule has 0 aliphatic carbocycles. The van der Waals surface area contributed by atoms with E-state index in [0.717, 1.165) is 12.8 Å². The summed E-state index contributed by atoms with van der Waals surface area (Å²) in [6, 6.07) is 0. The van der Waals surface area contributed by atoms with Crippen LogP contribution < -0.4 is 0 Å². The minimum absolute atomic E-state index is 0.240. The van der Waals surface area contributed by atoms with Gasteiger partial charge in [-0.2, -0.15) is 0 Å². The van der Waals surface area contributed by atoms with Crippen LogP contribution in [-0.2, 0) is 14.3 Å². The van der Waals surface area contributed by atoms with Crippen molar-refractivity contribution in [3.63, 3.8) is 0 Å². The average molecular weight is 290 g/mol.